The van der Waals surface area contributed by atoms with Crippen molar-refractivity contribution >= 4 is 23.2 Å². The average Bonchev–Trinajstić information content (AvgIpc) is 2.32. The smallest absolute Gasteiger partial charge is 0.263 e. The summed E-state index contributed by atoms with van der Waals surface area (Å²) in [4.78, 5) is 20.9. The van der Waals surface area contributed by atoms with Crippen LogP contribution in [-0.4, -0.2) is 27.2 Å². The summed E-state index contributed by atoms with van der Waals surface area (Å²) in [6.07, 6.45) is 2.36. The van der Waals surface area contributed by atoms with E-state index in [2.05, 4.69) is 9.97 Å². The third-order valence-electron chi connectivity index (χ3n) is 2.68. The first-order valence-corrected chi connectivity index (χ1v) is 6.73. The SMILES string of the molecule is CSc1nc(N)cc2nc(C)c(CCN)c(=O)n12. The molecule has 0 aliphatic rings. The van der Waals surface area contributed by atoms with Gasteiger partial charge in [-0.3, -0.25) is 4.79 Å². The molecule has 2 heterocycles. The van der Waals surface area contributed by atoms with E-state index in [0.717, 1.165) is 0 Å². The second-order valence-corrected chi connectivity index (χ2v) is 4.65. The largest absolute Gasteiger partial charge is 0.383 e. The van der Waals surface area contributed by atoms with E-state index < -0.39 is 0 Å². The van der Waals surface area contributed by atoms with Gasteiger partial charge >= 0.3 is 0 Å². The minimum atomic E-state index is -0.111. The fraction of sp³-hybridized carbons (Fsp3) is 0.364. The predicted octanol–water partition coefficient (Wildman–Crippen LogP) is 0.203. The zero-order valence-corrected chi connectivity index (χ0v) is 11.1. The standard InChI is InChI=1S/C11H15N5OS/c1-6-7(3-4-12)10(17)16-9(14-6)5-8(13)15-11(16)18-2/h5H,3-4,12-13H2,1-2H3. The highest BCUT2D eigenvalue weighted by atomic mass is 32.2. The quantitative estimate of drug-likeness (QED) is 0.607. The van der Waals surface area contributed by atoms with Crippen molar-refractivity contribution in [1.82, 2.24) is 14.4 Å². The lowest BCUT2D eigenvalue weighted by Crippen LogP contribution is -2.25. The zero-order chi connectivity index (χ0) is 13.3. The molecular formula is C11H15N5OS. The molecule has 6 nitrogen and oxygen atoms in total. The summed E-state index contributed by atoms with van der Waals surface area (Å²) in [5.74, 6) is 0.359. The van der Waals surface area contributed by atoms with Gasteiger partial charge in [-0.1, -0.05) is 11.8 Å². The highest BCUT2D eigenvalue weighted by Crippen LogP contribution is 2.15. The van der Waals surface area contributed by atoms with E-state index in [1.807, 2.05) is 13.2 Å². The van der Waals surface area contributed by atoms with Crippen molar-refractivity contribution in [3.05, 3.63) is 27.7 Å². The van der Waals surface area contributed by atoms with Crippen molar-refractivity contribution in [2.24, 2.45) is 5.73 Å². The lowest BCUT2D eigenvalue weighted by molar-refractivity contribution is 0.811. The summed E-state index contributed by atoms with van der Waals surface area (Å²) < 4.78 is 1.49. The molecule has 96 valence electrons. The van der Waals surface area contributed by atoms with Crippen molar-refractivity contribution in [2.75, 3.05) is 18.5 Å². The normalized spacial score (nSPS) is 11.1. The third kappa shape index (κ3) is 2.06. The number of hydrogen-bond donors (Lipinski definition) is 2. The Morgan fingerprint density at radius 1 is 1.44 bits per heavy atom. The summed E-state index contributed by atoms with van der Waals surface area (Å²) in [5.41, 5.74) is 13.0. The van der Waals surface area contributed by atoms with Gasteiger partial charge in [0.2, 0.25) is 0 Å². The molecule has 7 heteroatoms. The summed E-state index contributed by atoms with van der Waals surface area (Å²) >= 11 is 1.36. The molecule has 2 aromatic rings. The van der Waals surface area contributed by atoms with E-state index in [1.54, 1.807) is 6.07 Å². The van der Waals surface area contributed by atoms with Gasteiger partial charge in [0.15, 0.2) is 5.16 Å². The molecule has 0 aliphatic heterocycles. The van der Waals surface area contributed by atoms with Gasteiger partial charge in [-0.05, 0) is 26.1 Å². The molecule has 0 atom stereocenters. The monoisotopic (exact) mass is 265 g/mol. The van der Waals surface area contributed by atoms with Gasteiger partial charge in [0, 0.05) is 17.3 Å². The number of anilines is 1. The Labute approximate surface area is 108 Å². The van der Waals surface area contributed by atoms with Crippen molar-refractivity contribution in [3.63, 3.8) is 0 Å². The molecule has 0 aromatic carbocycles. The molecule has 0 unspecified atom stereocenters. The van der Waals surface area contributed by atoms with Crippen molar-refractivity contribution in [1.29, 1.82) is 0 Å². The summed E-state index contributed by atoms with van der Waals surface area (Å²) in [7, 11) is 0. The Kier molecular flexibility index (Phi) is 3.53. The molecule has 0 amide bonds. The first kappa shape index (κ1) is 12.8. The number of nitrogen functional groups attached to an aromatic ring is 1. The van der Waals surface area contributed by atoms with Crippen LogP contribution >= 0.6 is 11.8 Å². The maximum atomic E-state index is 12.4. The van der Waals surface area contributed by atoms with Gasteiger partial charge in [-0.15, -0.1) is 0 Å². The van der Waals surface area contributed by atoms with E-state index in [0.29, 0.717) is 40.8 Å². The number of aryl methyl sites for hydroxylation is 1. The van der Waals surface area contributed by atoms with Crippen LogP contribution in [0.15, 0.2) is 16.0 Å². The third-order valence-corrected chi connectivity index (χ3v) is 3.32. The Balaban J connectivity index is 2.87. The number of thioether (sulfide) groups is 1. The Bertz CT molecular complexity index is 652. The van der Waals surface area contributed by atoms with Gasteiger partial charge in [0.05, 0.1) is 0 Å². The first-order valence-electron chi connectivity index (χ1n) is 5.51. The molecule has 0 radical (unpaired) electrons. The van der Waals surface area contributed by atoms with Crippen molar-refractivity contribution in [2.45, 2.75) is 18.5 Å². The Morgan fingerprint density at radius 2 is 2.17 bits per heavy atom. The van der Waals surface area contributed by atoms with Crippen LogP contribution in [0.4, 0.5) is 5.82 Å². The Morgan fingerprint density at radius 3 is 2.78 bits per heavy atom. The van der Waals surface area contributed by atoms with Crippen LogP contribution in [0.3, 0.4) is 0 Å². The fourth-order valence-electron chi connectivity index (χ4n) is 1.86. The first-order chi connectivity index (χ1) is 8.58. The van der Waals surface area contributed by atoms with E-state index in [9.17, 15) is 4.79 Å². The number of nitrogens with two attached hydrogens (primary N) is 2. The van der Waals surface area contributed by atoms with E-state index in [-0.39, 0.29) is 5.56 Å². The minimum absolute atomic E-state index is 0.111. The molecule has 0 spiro atoms. The van der Waals surface area contributed by atoms with Crippen LogP contribution in [0.25, 0.3) is 5.65 Å². The number of hydrogen-bond acceptors (Lipinski definition) is 6. The number of fused-ring (bicyclic) bond motifs is 1. The van der Waals surface area contributed by atoms with Crippen LogP contribution < -0.4 is 17.0 Å². The predicted molar refractivity (Wildman–Crippen MR) is 72.9 cm³/mol. The van der Waals surface area contributed by atoms with Gasteiger partial charge in [0.25, 0.3) is 5.56 Å². The van der Waals surface area contributed by atoms with E-state index >= 15 is 0 Å². The van der Waals surface area contributed by atoms with Crippen LogP contribution in [0.2, 0.25) is 0 Å². The zero-order valence-electron chi connectivity index (χ0n) is 10.3. The van der Waals surface area contributed by atoms with Crippen LogP contribution in [0.5, 0.6) is 0 Å². The van der Waals surface area contributed by atoms with Crippen LogP contribution in [0.1, 0.15) is 11.3 Å². The molecule has 0 saturated carbocycles. The van der Waals surface area contributed by atoms with Gasteiger partial charge in [-0.25, -0.2) is 14.4 Å². The number of nitrogens with zero attached hydrogens (tertiary/aromatic N) is 3. The molecule has 2 aromatic heterocycles. The van der Waals surface area contributed by atoms with E-state index in [4.69, 9.17) is 11.5 Å². The van der Waals surface area contributed by atoms with Gasteiger partial charge in [-0.2, -0.15) is 0 Å². The highest BCUT2D eigenvalue weighted by Gasteiger charge is 2.13. The molecular weight excluding hydrogens is 250 g/mol. The number of aromatic nitrogens is 3. The molecule has 0 bridgehead atoms. The molecule has 18 heavy (non-hydrogen) atoms. The van der Waals surface area contributed by atoms with Gasteiger partial charge < -0.3 is 11.5 Å². The van der Waals surface area contributed by atoms with Crippen molar-refractivity contribution < 1.29 is 0 Å². The fourth-order valence-corrected chi connectivity index (χ4v) is 2.41. The molecule has 4 N–H and O–H groups in total. The molecule has 0 saturated heterocycles. The minimum Gasteiger partial charge on any atom is -0.383 e. The van der Waals surface area contributed by atoms with Crippen LogP contribution in [0, 0.1) is 6.92 Å². The lowest BCUT2D eigenvalue weighted by Gasteiger charge is -2.10. The highest BCUT2D eigenvalue weighted by molar-refractivity contribution is 7.98. The number of rotatable bonds is 3. The topological polar surface area (TPSA) is 99.3 Å². The van der Waals surface area contributed by atoms with E-state index in [1.165, 1.54) is 16.2 Å². The van der Waals surface area contributed by atoms with Crippen molar-refractivity contribution in [3.8, 4) is 0 Å². The maximum Gasteiger partial charge on any atom is 0.263 e. The molecule has 0 fully saturated rings. The summed E-state index contributed by atoms with van der Waals surface area (Å²) in [6, 6.07) is 1.60. The summed E-state index contributed by atoms with van der Waals surface area (Å²) in [6.45, 7) is 2.22. The lowest BCUT2D eigenvalue weighted by atomic mass is 10.2. The maximum absolute atomic E-state index is 12.4. The molecule has 2 rings (SSSR count). The summed E-state index contributed by atoms with van der Waals surface area (Å²) in [5, 5.41) is 0.542. The molecule has 0 aliphatic carbocycles. The second kappa shape index (κ2) is 4.95. The second-order valence-electron chi connectivity index (χ2n) is 3.88. The van der Waals surface area contributed by atoms with Crippen LogP contribution in [-0.2, 0) is 6.42 Å². The van der Waals surface area contributed by atoms with Gasteiger partial charge in [0.1, 0.15) is 11.5 Å². The Hall–Kier alpha value is -1.60. The average molecular weight is 265 g/mol.